The van der Waals surface area contributed by atoms with Gasteiger partial charge in [0.25, 0.3) is 0 Å². The molecule has 0 fully saturated rings. The van der Waals surface area contributed by atoms with Gasteiger partial charge in [0.05, 0.1) is 0 Å². The van der Waals surface area contributed by atoms with Crippen molar-refractivity contribution in [3.63, 3.8) is 0 Å². The molecule has 0 heterocycles. The summed E-state index contributed by atoms with van der Waals surface area (Å²) in [5.74, 6) is 0.175. The van der Waals surface area contributed by atoms with Crippen LogP contribution in [0.3, 0.4) is 0 Å². The van der Waals surface area contributed by atoms with Crippen LogP contribution < -0.4 is 5.73 Å². The van der Waals surface area contributed by atoms with Gasteiger partial charge in [-0.2, -0.15) is 0 Å². The Morgan fingerprint density at radius 1 is 0.857 bits per heavy atom. The van der Waals surface area contributed by atoms with E-state index in [2.05, 4.69) is 112 Å². The van der Waals surface area contributed by atoms with Crippen LogP contribution in [0.25, 0.3) is 28.3 Å². The fraction of sp³-hybridized carbons (Fsp3) is 0.353. The minimum Gasteiger partial charge on any atom is -0.398 e. The Morgan fingerprint density at radius 2 is 1.34 bits per heavy atom. The van der Waals surface area contributed by atoms with Crippen molar-refractivity contribution >= 4 is 11.8 Å². The van der Waals surface area contributed by atoms with Gasteiger partial charge >= 0.3 is 0 Å². The molecule has 1 atom stereocenters. The number of hydrogen-bond acceptors (Lipinski definition) is 1. The smallest absolute Gasteiger partial charge is 0.0473 e. The highest BCUT2D eigenvalue weighted by molar-refractivity contribution is 5.94. The third-order valence-corrected chi connectivity index (χ3v) is 7.42. The van der Waals surface area contributed by atoms with E-state index in [0.717, 1.165) is 34.4 Å². The molecular weight excluding hydrogens is 422 g/mol. The van der Waals surface area contributed by atoms with E-state index in [4.69, 9.17) is 5.73 Å². The second-order valence-electron chi connectivity index (χ2n) is 11.6. The molecular formula is C34H43N. The standard InChI is InChI=1S/C34H43N/c1-12-28-32(29(20(2)3)19-34(9,10)11)30(26-15-13-21(4)23(6)17-26)25(8)31(33(28)35)27-16-14-22(5)24(7)18-27/h12-18,29H,1-2,19,35H2,3-11H3. The Hall–Kier alpha value is -3.06. The molecule has 1 nitrogen and oxygen atoms in total. The first-order valence-corrected chi connectivity index (χ1v) is 12.7. The molecule has 3 aromatic carbocycles. The Balaban J connectivity index is 2.53. The number of aryl methyl sites for hydroxylation is 4. The number of hydrogen-bond donors (Lipinski definition) is 1. The van der Waals surface area contributed by atoms with Crippen molar-refractivity contribution in [2.24, 2.45) is 5.41 Å². The predicted octanol–water partition coefficient (Wildman–Crippen LogP) is 9.88. The maximum Gasteiger partial charge on any atom is 0.0473 e. The lowest BCUT2D eigenvalue weighted by Gasteiger charge is -2.32. The molecule has 0 saturated heterocycles. The molecule has 184 valence electrons. The monoisotopic (exact) mass is 465 g/mol. The number of benzene rings is 3. The molecule has 0 radical (unpaired) electrons. The van der Waals surface area contributed by atoms with E-state index < -0.39 is 0 Å². The second kappa shape index (κ2) is 9.90. The molecule has 3 aromatic rings. The fourth-order valence-electron chi connectivity index (χ4n) is 5.20. The van der Waals surface area contributed by atoms with Crippen molar-refractivity contribution in [1.82, 2.24) is 0 Å². The minimum atomic E-state index is 0.137. The van der Waals surface area contributed by atoms with Gasteiger partial charge in [-0.3, -0.25) is 0 Å². The molecule has 2 N–H and O–H groups in total. The summed E-state index contributed by atoms with van der Waals surface area (Å²) in [6.07, 6.45) is 2.95. The number of rotatable bonds is 6. The molecule has 1 heteroatoms. The highest BCUT2D eigenvalue weighted by atomic mass is 14.6. The van der Waals surface area contributed by atoms with Crippen LogP contribution >= 0.6 is 0 Å². The van der Waals surface area contributed by atoms with E-state index in [-0.39, 0.29) is 11.3 Å². The summed E-state index contributed by atoms with van der Waals surface area (Å²) in [7, 11) is 0. The Labute approximate surface area is 213 Å². The lowest BCUT2D eigenvalue weighted by Crippen LogP contribution is -2.16. The van der Waals surface area contributed by atoms with E-state index in [0.29, 0.717) is 0 Å². The minimum absolute atomic E-state index is 0.137. The zero-order valence-electron chi connectivity index (χ0n) is 23.3. The average molecular weight is 466 g/mol. The number of allylic oxidation sites excluding steroid dienone is 1. The van der Waals surface area contributed by atoms with Gasteiger partial charge in [0.1, 0.15) is 0 Å². The number of nitrogens with two attached hydrogens (primary N) is 1. The van der Waals surface area contributed by atoms with Crippen molar-refractivity contribution < 1.29 is 0 Å². The van der Waals surface area contributed by atoms with Gasteiger partial charge in [0.2, 0.25) is 0 Å². The van der Waals surface area contributed by atoms with Crippen LogP contribution in [0.1, 0.15) is 79.0 Å². The average Bonchev–Trinajstić information content (AvgIpc) is 2.75. The summed E-state index contributed by atoms with van der Waals surface area (Å²) in [4.78, 5) is 0. The summed E-state index contributed by atoms with van der Waals surface area (Å²) >= 11 is 0. The first-order valence-electron chi connectivity index (χ1n) is 12.7. The maximum atomic E-state index is 7.02. The summed E-state index contributed by atoms with van der Waals surface area (Å²) < 4.78 is 0. The molecule has 0 spiro atoms. The Morgan fingerprint density at radius 3 is 1.74 bits per heavy atom. The molecule has 0 aliphatic carbocycles. The molecule has 3 rings (SSSR count). The van der Waals surface area contributed by atoms with Crippen molar-refractivity contribution in [3.8, 4) is 22.3 Å². The molecule has 0 bridgehead atoms. The third-order valence-electron chi connectivity index (χ3n) is 7.42. The quantitative estimate of drug-likeness (QED) is 0.284. The van der Waals surface area contributed by atoms with E-state index in [1.165, 1.54) is 44.5 Å². The van der Waals surface area contributed by atoms with E-state index in [1.54, 1.807) is 0 Å². The Kier molecular flexibility index (Phi) is 7.50. The molecule has 0 aliphatic rings. The topological polar surface area (TPSA) is 26.0 Å². The number of anilines is 1. The zero-order valence-corrected chi connectivity index (χ0v) is 23.3. The lowest BCUT2D eigenvalue weighted by molar-refractivity contribution is 0.355. The van der Waals surface area contributed by atoms with Crippen LogP contribution in [-0.2, 0) is 0 Å². The molecule has 0 saturated carbocycles. The second-order valence-corrected chi connectivity index (χ2v) is 11.6. The molecule has 0 aromatic heterocycles. The normalized spacial score (nSPS) is 12.5. The van der Waals surface area contributed by atoms with Crippen LogP contribution in [-0.4, -0.2) is 0 Å². The van der Waals surface area contributed by atoms with Crippen molar-refractivity contribution in [3.05, 3.63) is 94.1 Å². The van der Waals surface area contributed by atoms with Gasteiger partial charge in [-0.1, -0.05) is 82.0 Å². The largest absolute Gasteiger partial charge is 0.398 e. The first-order chi connectivity index (χ1) is 16.3. The zero-order chi connectivity index (χ0) is 26.2. The highest BCUT2D eigenvalue weighted by Crippen LogP contribution is 2.49. The van der Waals surface area contributed by atoms with E-state index in [1.807, 2.05) is 6.08 Å². The van der Waals surface area contributed by atoms with Crippen molar-refractivity contribution in [1.29, 1.82) is 0 Å². The van der Waals surface area contributed by atoms with Crippen LogP contribution in [0.2, 0.25) is 0 Å². The molecule has 35 heavy (non-hydrogen) atoms. The SMILES string of the molecule is C=Cc1c(N)c(-c2ccc(C)c(C)c2)c(C)c(-c2ccc(C)c(C)c2)c1C(CC(C)(C)C)C(=C)C. The first kappa shape index (κ1) is 26.5. The van der Waals surface area contributed by atoms with Crippen LogP contribution in [0.4, 0.5) is 5.69 Å². The summed E-state index contributed by atoms with van der Waals surface area (Å²) in [6, 6.07) is 13.5. The summed E-state index contributed by atoms with van der Waals surface area (Å²) in [6.45, 7) is 28.6. The lowest BCUT2D eigenvalue weighted by atomic mass is 9.72. The molecule has 0 amide bonds. The van der Waals surface area contributed by atoms with Gasteiger partial charge in [-0.15, -0.1) is 0 Å². The van der Waals surface area contributed by atoms with Gasteiger partial charge in [0.15, 0.2) is 0 Å². The predicted molar refractivity (Wildman–Crippen MR) is 157 cm³/mol. The van der Waals surface area contributed by atoms with E-state index >= 15 is 0 Å². The molecule has 1 unspecified atom stereocenters. The van der Waals surface area contributed by atoms with Crippen LogP contribution in [0.15, 0.2) is 55.1 Å². The molecule has 0 aliphatic heterocycles. The van der Waals surface area contributed by atoms with Crippen LogP contribution in [0, 0.1) is 40.0 Å². The van der Waals surface area contributed by atoms with E-state index in [9.17, 15) is 0 Å². The van der Waals surface area contributed by atoms with Gasteiger partial charge in [-0.05, 0) is 103 Å². The third kappa shape index (κ3) is 5.30. The summed E-state index contributed by atoms with van der Waals surface area (Å²) in [5, 5.41) is 0. The fourth-order valence-corrected chi connectivity index (χ4v) is 5.20. The van der Waals surface area contributed by atoms with Crippen molar-refractivity contribution in [2.45, 2.75) is 74.7 Å². The van der Waals surface area contributed by atoms with Gasteiger partial charge in [-0.25, -0.2) is 0 Å². The highest BCUT2D eigenvalue weighted by Gasteiger charge is 2.29. The van der Waals surface area contributed by atoms with Crippen molar-refractivity contribution in [2.75, 3.05) is 5.73 Å². The van der Waals surface area contributed by atoms with Gasteiger partial charge < -0.3 is 5.73 Å². The summed E-state index contributed by atoms with van der Waals surface area (Å²) in [5.41, 5.74) is 22.5. The van der Waals surface area contributed by atoms with Crippen LogP contribution in [0.5, 0.6) is 0 Å². The maximum absolute atomic E-state index is 7.02. The Bertz CT molecular complexity index is 1300. The number of nitrogen functional groups attached to an aromatic ring is 1. The van der Waals surface area contributed by atoms with Gasteiger partial charge in [0, 0.05) is 22.7 Å².